The minimum atomic E-state index is -0.151. The highest BCUT2D eigenvalue weighted by atomic mass is 16.3. The van der Waals surface area contributed by atoms with Gasteiger partial charge in [-0.1, -0.05) is 12.1 Å². The Morgan fingerprint density at radius 1 is 1.33 bits per heavy atom. The van der Waals surface area contributed by atoms with Crippen molar-refractivity contribution in [2.24, 2.45) is 5.73 Å². The second kappa shape index (κ2) is 5.51. The number of carbonyl (C=O) groups is 1. The van der Waals surface area contributed by atoms with E-state index in [9.17, 15) is 4.79 Å². The van der Waals surface area contributed by atoms with Crippen molar-refractivity contribution in [1.82, 2.24) is 5.32 Å². The molecule has 4 nitrogen and oxygen atoms in total. The average molecular weight is 244 g/mol. The van der Waals surface area contributed by atoms with Crippen LogP contribution in [0.2, 0.25) is 0 Å². The Labute approximate surface area is 106 Å². The summed E-state index contributed by atoms with van der Waals surface area (Å²) in [6, 6.07) is 10.7. The van der Waals surface area contributed by atoms with Gasteiger partial charge in [-0.05, 0) is 36.8 Å². The Kier molecular flexibility index (Phi) is 3.79. The maximum atomic E-state index is 12.0. The van der Waals surface area contributed by atoms with E-state index in [1.165, 1.54) is 0 Å². The number of hydrogen-bond donors (Lipinski definition) is 2. The Balaban J connectivity index is 2.03. The van der Waals surface area contributed by atoms with Gasteiger partial charge in [0.1, 0.15) is 5.76 Å². The lowest BCUT2D eigenvalue weighted by atomic mass is 10.1. The summed E-state index contributed by atoms with van der Waals surface area (Å²) < 4.78 is 5.24. The van der Waals surface area contributed by atoms with Crippen molar-refractivity contribution >= 4 is 5.91 Å². The molecule has 0 bridgehead atoms. The molecule has 0 saturated carbocycles. The van der Waals surface area contributed by atoms with E-state index in [-0.39, 0.29) is 11.9 Å². The van der Waals surface area contributed by atoms with Crippen molar-refractivity contribution in [3.8, 4) is 0 Å². The molecule has 4 heteroatoms. The van der Waals surface area contributed by atoms with Crippen LogP contribution in [0.1, 0.15) is 34.6 Å². The van der Waals surface area contributed by atoms with E-state index in [1.54, 1.807) is 24.5 Å². The summed E-state index contributed by atoms with van der Waals surface area (Å²) in [6.07, 6.45) is 1.59. The molecular formula is C14H16N2O2. The van der Waals surface area contributed by atoms with Gasteiger partial charge in [0.15, 0.2) is 0 Å². The Bertz CT molecular complexity index is 503. The molecule has 2 aromatic rings. The number of rotatable bonds is 4. The maximum absolute atomic E-state index is 12.0. The molecule has 0 spiro atoms. The lowest BCUT2D eigenvalue weighted by Gasteiger charge is -2.11. The van der Waals surface area contributed by atoms with Gasteiger partial charge in [0.05, 0.1) is 12.3 Å². The highest BCUT2D eigenvalue weighted by Crippen LogP contribution is 2.13. The number of hydrogen-bond acceptors (Lipinski definition) is 3. The van der Waals surface area contributed by atoms with Gasteiger partial charge in [-0.15, -0.1) is 0 Å². The molecule has 18 heavy (non-hydrogen) atoms. The molecule has 0 aliphatic rings. The van der Waals surface area contributed by atoms with Crippen LogP contribution in [-0.2, 0) is 6.54 Å². The third kappa shape index (κ3) is 2.78. The van der Waals surface area contributed by atoms with Crippen LogP contribution in [0.3, 0.4) is 0 Å². The summed E-state index contributed by atoms with van der Waals surface area (Å²) in [6.45, 7) is 2.36. The number of amides is 1. The van der Waals surface area contributed by atoms with Gasteiger partial charge in [0.25, 0.3) is 5.91 Å². The summed E-state index contributed by atoms with van der Waals surface area (Å²) in [7, 11) is 0. The molecule has 3 N–H and O–H groups in total. The third-order valence-electron chi connectivity index (χ3n) is 2.77. The van der Waals surface area contributed by atoms with Crippen molar-refractivity contribution in [2.45, 2.75) is 19.5 Å². The summed E-state index contributed by atoms with van der Waals surface area (Å²) in [5.41, 5.74) is 7.13. The van der Waals surface area contributed by atoms with Gasteiger partial charge in [0.2, 0.25) is 0 Å². The van der Waals surface area contributed by atoms with Gasteiger partial charge in [-0.25, -0.2) is 0 Å². The van der Waals surface area contributed by atoms with Crippen LogP contribution in [0.25, 0.3) is 0 Å². The van der Waals surface area contributed by atoms with Crippen LogP contribution in [0.5, 0.6) is 0 Å². The largest absolute Gasteiger partial charge is 0.467 e. The number of carbonyl (C=O) groups excluding carboxylic acids is 1. The van der Waals surface area contributed by atoms with Crippen molar-refractivity contribution in [3.05, 3.63) is 59.5 Å². The molecule has 0 radical (unpaired) electrons. The van der Waals surface area contributed by atoms with Gasteiger partial charge in [-0.2, -0.15) is 0 Å². The highest BCUT2D eigenvalue weighted by molar-refractivity contribution is 5.94. The lowest BCUT2D eigenvalue weighted by Crippen LogP contribution is -2.26. The van der Waals surface area contributed by atoms with Crippen LogP contribution in [-0.4, -0.2) is 5.91 Å². The third-order valence-corrected chi connectivity index (χ3v) is 2.77. The first-order valence-corrected chi connectivity index (χ1v) is 5.84. The molecule has 94 valence electrons. The Hall–Kier alpha value is -2.07. The fourth-order valence-electron chi connectivity index (χ4n) is 1.68. The van der Waals surface area contributed by atoms with Gasteiger partial charge in [0, 0.05) is 12.1 Å². The van der Waals surface area contributed by atoms with Crippen molar-refractivity contribution in [2.75, 3.05) is 0 Å². The monoisotopic (exact) mass is 244 g/mol. The minimum Gasteiger partial charge on any atom is -0.467 e. The first kappa shape index (κ1) is 12.4. The second-order valence-electron chi connectivity index (χ2n) is 4.11. The highest BCUT2D eigenvalue weighted by Gasteiger charge is 2.12. The van der Waals surface area contributed by atoms with E-state index in [4.69, 9.17) is 10.2 Å². The van der Waals surface area contributed by atoms with Crippen LogP contribution in [0.4, 0.5) is 0 Å². The fraction of sp³-hybridized carbons (Fsp3) is 0.214. The van der Waals surface area contributed by atoms with Crippen LogP contribution >= 0.6 is 0 Å². The fourth-order valence-corrected chi connectivity index (χ4v) is 1.68. The average Bonchev–Trinajstić information content (AvgIpc) is 2.92. The molecule has 2 rings (SSSR count). The van der Waals surface area contributed by atoms with Crippen LogP contribution in [0, 0.1) is 0 Å². The molecule has 0 fully saturated rings. The SMILES string of the molecule is CC(NC(=O)c1ccc(CN)cc1)c1ccco1. The van der Waals surface area contributed by atoms with E-state index in [0.717, 1.165) is 11.3 Å². The predicted molar refractivity (Wildman–Crippen MR) is 68.9 cm³/mol. The molecular weight excluding hydrogens is 228 g/mol. The zero-order valence-corrected chi connectivity index (χ0v) is 10.2. The lowest BCUT2D eigenvalue weighted by molar-refractivity contribution is 0.0935. The predicted octanol–water partition coefficient (Wildman–Crippen LogP) is 2.23. The molecule has 1 atom stereocenters. The van der Waals surface area contributed by atoms with Gasteiger partial charge >= 0.3 is 0 Å². The zero-order chi connectivity index (χ0) is 13.0. The van der Waals surface area contributed by atoms with Crippen molar-refractivity contribution < 1.29 is 9.21 Å². The second-order valence-corrected chi connectivity index (χ2v) is 4.11. The molecule has 0 aliphatic heterocycles. The smallest absolute Gasteiger partial charge is 0.251 e. The van der Waals surface area contributed by atoms with E-state index in [0.29, 0.717) is 12.1 Å². The summed E-state index contributed by atoms with van der Waals surface area (Å²) in [5.74, 6) is 0.615. The quantitative estimate of drug-likeness (QED) is 0.866. The first-order valence-electron chi connectivity index (χ1n) is 5.84. The Morgan fingerprint density at radius 3 is 2.61 bits per heavy atom. The van der Waals surface area contributed by atoms with Crippen LogP contribution in [0.15, 0.2) is 47.1 Å². The summed E-state index contributed by atoms with van der Waals surface area (Å²) in [4.78, 5) is 12.0. The van der Waals surface area contributed by atoms with Crippen molar-refractivity contribution in [3.63, 3.8) is 0 Å². The molecule has 1 aromatic carbocycles. The van der Waals surface area contributed by atoms with Crippen LogP contribution < -0.4 is 11.1 Å². The number of nitrogens with one attached hydrogen (secondary N) is 1. The minimum absolute atomic E-state index is 0.123. The molecule has 0 saturated heterocycles. The van der Waals surface area contributed by atoms with Gasteiger partial charge in [-0.3, -0.25) is 4.79 Å². The Morgan fingerprint density at radius 2 is 2.06 bits per heavy atom. The summed E-state index contributed by atoms with van der Waals surface area (Å²) >= 11 is 0. The molecule has 0 aliphatic carbocycles. The van der Waals surface area contributed by atoms with E-state index in [1.807, 2.05) is 25.1 Å². The van der Waals surface area contributed by atoms with Crippen molar-refractivity contribution in [1.29, 1.82) is 0 Å². The van der Waals surface area contributed by atoms with E-state index >= 15 is 0 Å². The molecule has 1 heterocycles. The number of nitrogens with two attached hydrogens (primary N) is 1. The topological polar surface area (TPSA) is 68.3 Å². The molecule has 1 aromatic heterocycles. The number of benzene rings is 1. The van der Waals surface area contributed by atoms with E-state index in [2.05, 4.69) is 5.32 Å². The first-order chi connectivity index (χ1) is 8.70. The molecule has 1 unspecified atom stereocenters. The van der Waals surface area contributed by atoms with E-state index < -0.39 is 0 Å². The standard InChI is InChI=1S/C14H16N2O2/c1-10(13-3-2-8-18-13)16-14(17)12-6-4-11(9-15)5-7-12/h2-8,10H,9,15H2,1H3,(H,16,17). The van der Waals surface area contributed by atoms with Gasteiger partial charge < -0.3 is 15.5 Å². The molecule has 1 amide bonds. The summed E-state index contributed by atoms with van der Waals surface area (Å²) in [5, 5.41) is 2.87. The number of furan rings is 1. The zero-order valence-electron chi connectivity index (χ0n) is 10.2. The normalized spacial score (nSPS) is 12.1. The maximum Gasteiger partial charge on any atom is 0.251 e.